The highest BCUT2D eigenvalue weighted by Crippen LogP contribution is 2.34. The minimum atomic E-state index is -0.932. The average molecular weight is 471 g/mol. The van der Waals surface area contributed by atoms with E-state index in [1.165, 1.54) is 6.92 Å². The van der Waals surface area contributed by atoms with Gasteiger partial charge >= 0.3 is 5.97 Å². The van der Waals surface area contributed by atoms with Crippen molar-refractivity contribution in [3.05, 3.63) is 52.6 Å². The van der Waals surface area contributed by atoms with Crippen LogP contribution in [0.15, 0.2) is 35.2 Å². The van der Waals surface area contributed by atoms with Crippen LogP contribution in [0.5, 0.6) is 11.5 Å². The van der Waals surface area contributed by atoms with Gasteiger partial charge < -0.3 is 14.9 Å². The summed E-state index contributed by atoms with van der Waals surface area (Å²) in [5.74, 6) is -0.125. The first-order valence-electron chi connectivity index (χ1n) is 11.3. The average Bonchev–Trinajstić information content (AvgIpc) is 2.77. The van der Waals surface area contributed by atoms with E-state index in [0.717, 1.165) is 35.5 Å². The predicted octanol–water partition coefficient (Wildman–Crippen LogP) is 5.33. The van der Waals surface area contributed by atoms with Crippen LogP contribution >= 0.6 is 11.8 Å². The van der Waals surface area contributed by atoms with Gasteiger partial charge in [-0.3, -0.25) is 14.4 Å². The number of aryl methyl sites for hydroxylation is 1. The molecule has 2 aromatic rings. The summed E-state index contributed by atoms with van der Waals surface area (Å²) in [7, 11) is 0. The molecule has 1 unspecified atom stereocenters. The van der Waals surface area contributed by atoms with Crippen molar-refractivity contribution >= 4 is 29.3 Å². The third-order valence-electron chi connectivity index (χ3n) is 5.83. The summed E-state index contributed by atoms with van der Waals surface area (Å²) in [6.45, 7) is 3.94. The zero-order valence-corrected chi connectivity index (χ0v) is 19.9. The van der Waals surface area contributed by atoms with Crippen molar-refractivity contribution in [2.24, 2.45) is 5.92 Å². The lowest BCUT2D eigenvalue weighted by Gasteiger charge is -2.22. The summed E-state index contributed by atoms with van der Waals surface area (Å²) in [4.78, 5) is 36.3. The minimum Gasteiger partial charge on any atom is -0.507 e. The Morgan fingerprint density at radius 1 is 1.21 bits per heavy atom. The first-order valence-corrected chi connectivity index (χ1v) is 12.3. The molecule has 0 aliphatic heterocycles. The number of hydrogen-bond acceptors (Lipinski definition) is 6. The van der Waals surface area contributed by atoms with Gasteiger partial charge in [0, 0.05) is 27.7 Å². The number of benzene rings is 2. The number of fused-ring (bicyclic) bond motifs is 1. The zero-order chi connectivity index (χ0) is 24.0. The molecule has 33 heavy (non-hydrogen) atoms. The Bertz CT molecular complexity index is 1050. The van der Waals surface area contributed by atoms with E-state index in [2.05, 4.69) is 0 Å². The highest BCUT2D eigenvalue weighted by Gasteiger charge is 2.29. The van der Waals surface area contributed by atoms with Gasteiger partial charge in [0.15, 0.2) is 11.6 Å². The van der Waals surface area contributed by atoms with E-state index in [4.69, 9.17) is 9.84 Å². The van der Waals surface area contributed by atoms with Crippen molar-refractivity contribution in [2.75, 3.05) is 12.4 Å². The zero-order valence-electron chi connectivity index (χ0n) is 19.1. The van der Waals surface area contributed by atoms with Gasteiger partial charge in [0.25, 0.3) is 0 Å². The number of thioether (sulfide) groups is 1. The monoisotopic (exact) mass is 470 g/mol. The maximum absolute atomic E-state index is 12.5. The Morgan fingerprint density at radius 3 is 2.70 bits per heavy atom. The standard InChI is InChI=1S/C26H30O6S/c1-3-5-22-23(11-10-20(16(2)27)26(22)31)32-12-4-13-33-19-8-9-21-17(14-19)6-7-18(25(21)30)15-24(28)29/h8-11,14,18,31H,3-7,12-13,15H2,1-2H3,(H,28,29). The first kappa shape index (κ1) is 24.8. The fraction of sp³-hybridized carbons (Fsp3) is 0.423. The number of phenolic OH excluding ortho intramolecular Hbond substituents is 1. The second-order valence-corrected chi connectivity index (χ2v) is 9.48. The summed E-state index contributed by atoms with van der Waals surface area (Å²) >= 11 is 1.69. The lowest BCUT2D eigenvalue weighted by molar-refractivity contribution is -0.137. The molecule has 0 amide bonds. The molecule has 0 bridgehead atoms. The second kappa shape index (κ2) is 11.4. The fourth-order valence-electron chi connectivity index (χ4n) is 4.15. The lowest BCUT2D eigenvalue weighted by Crippen LogP contribution is -2.24. The Balaban J connectivity index is 1.53. The molecule has 0 spiro atoms. The molecular formula is C26H30O6S. The molecular weight excluding hydrogens is 440 g/mol. The SMILES string of the molecule is CCCc1c(OCCCSc2ccc3c(c2)CCC(CC(=O)O)C3=O)ccc(C(C)=O)c1O. The third-order valence-corrected chi connectivity index (χ3v) is 6.91. The summed E-state index contributed by atoms with van der Waals surface area (Å²) in [5, 5.41) is 19.4. The molecule has 0 heterocycles. The number of phenols is 1. The molecule has 0 saturated heterocycles. The van der Waals surface area contributed by atoms with Crippen LogP contribution in [0.25, 0.3) is 0 Å². The van der Waals surface area contributed by atoms with Gasteiger partial charge in [-0.2, -0.15) is 0 Å². The normalized spacial score (nSPS) is 15.2. The number of carboxylic acids is 1. The van der Waals surface area contributed by atoms with Crippen molar-refractivity contribution in [2.45, 2.75) is 57.3 Å². The first-order chi connectivity index (χ1) is 15.8. The molecule has 2 aromatic carbocycles. The predicted molar refractivity (Wildman–Crippen MR) is 128 cm³/mol. The van der Waals surface area contributed by atoms with Crippen LogP contribution in [-0.2, 0) is 17.6 Å². The van der Waals surface area contributed by atoms with Gasteiger partial charge in [0.1, 0.15) is 11.5 Å². The van der Waals surface area contributed by atoms with Gasteiger partial charge in [-0.15, -0.1) is 11.8 Å². The van der Waals surface area contributed by atoms with E-state index in [1.807, 2.05) is 25.1 Å². The maximum Gasteiger partial charge on any atom is 0.304 e. The lowest BCUT2D eigenvalue weighted by atomic mass is 9.81. The molecule has 1 aliphatic carbocycles. The minimum absolute atomic E-state index is 0.0189. The molecule has 0 aromatic heterocycles. The summed E-state index contributed by atoms with van der Waals surface area (Å²) in [5.41, 5.74) is 2.64. The number of carboxylic acid groups (broad SMARTS) is 1. The van der Waals surface area contributed by atoms with E-state index in [0.29, 0.717) is 41.9 Å². The molecule has 176 valence electrons. The van der Waals surface area contributed by atoms with Crippen molar-refractivity contribution < 1.29 is 29.3 Å². The van der Waals surface area contributed by atoms with Gasteiger partial charge in [-0.25, -0.2) is 0 Å². The number of Topliss-reactive ketones (excluding diaryl/α,β-unsaturated/α-hetero) is 2. The Kier molecular flexibility index (Phi) is 8.55. The van der Waals surface area contributed by atoms with E-state index in [1.54, 1.807) is 23.9 Å². The number of hydrogen-bond donors (Lipinski definition) is 2. The van der Waals surface area contributed by atoms with Crippen LogP contribution in [-0.4, -0.2) is 40.1 Å². The summed E-state index contributed by atoms with van der Waals surface area (Å²) < 4.78 is 5.91. The third kappa shape index (κ3) is 6.16. The van der Waals surface area contributed by atoms with Crippen LogP contribution in [0.1, 0.15) is 71.4 Å². The number of ketones is 2. The van der Waals surface area contributed by atoms with Gasteiger partial charge in [-0.1, -0.05) is 19.4 Å². The van der Waals surface area contributed by atoms with Crippen molar-refractivity contribution in [1.82, 2.24) is 0 Å². The largest absolute Gasteiger partial charge is 0.507 e. The van der Waals surface area contributed by atoms with Crippen molar-refractivity contribution in [3.8, 4) is 11.5 Å². The van der Waals surface area contributed by atoms with Crippen LogP contribution < -0.4 is 4.74 Å². The topological polar surface area (TPSA) is 101 Å². The Labute approximate surface area is 198 Å². The molecule has 1 aliphatic rings. The number of aliphatic carboxylic acids is 1. The smallest absolute Gasteiger partial charge is 0.304 e. The highest BCUT2D eigenvalue weighted by atomic mass is 32.2. The number of carbonyl (C=O) groups excluding carboxylic acids is 2. The molecule has 2 N–H and O–H groups in total. The fourth-order valence-corrected chi connectivity index (χ4v) is 5.04. The molecule has 7 heteroatoms. The maximum atomic E-state index is 12.5. The highest BCUT2D eigenvalue weighted by molar-refractivity contribution is 7.99. The number of ether oxygens (including phenoxy) is 1. The number of carbonyl (C=O) groups is 3. The van der Waals surface area contributed by atoms with E-state index >= 15 is 0 Å². The van der Waals surface area contributed by atoms with E-state index < -0.39 is 11.9 Å². The van der Waals surface area contributed by atoms with E-state index in [-0.39, 0.29) is 23.7 Å². The Morgan fingerprint density at radius 2 is 2.00 bits per heavy atom. The van der Waals surface area contributed by atoms with Crippen LogP contribution in [0.4, 0.5) is 0 Å². The molecule has 3 rings (SSSR count). The van der Waals surface area contributed by atoms with Crippen LogP contribution in [0.2, 0.25) is 0 Å². The van der Waals surface area contributed by atoms with Gasteiger partial charge in [0.05, 0.1) is 18.6 Å². The number of rotatable bonds is 11. The number of aromatic hydroxyl groups is 1. The Hall–Kier alpha value is -2.80. The second-order valence-electron chi connectivity index (χ2n) is 8.31. The summed E-state index contributed by atoms with van der Waals surface area (Å²) in [6.07, 6.45) is 3.45. The molecule has 0 saturated carbocycles. The van der Waals surface area contributed by atoms with Crippen LogP contribution in [0, 0.1) is 5.92 Å². The van der Waals surface area contributed by atoms with Crippen LogP contribution in [0.3, 0.4) is 0 Å². The van der Waals surface area contributed by atoms with E-state index in [9.17, 15) is 19.5 Å². The van der Waals surface area contributed by atoms with Crippen molar-refractivity contribution in [1.29, 1.82) is 0 Å². The van der Waals surface area contributed by atoms with Gasteiger partial charge in [-0.05, 0) is 62.4 Å². The molecule has 0 fully saturated rings. The quantitative estimate of drug-likeness (QED) is 0.260. The molecule has 1 atom stereocenters. The molecule has 0 radical (unpaired) electrons. The van der Waals surface area contributed by atoms with Gasteiger partial charge in [0.2, 0.25) is 0 Å². The summed E-state index contributed by atoms with van der Waals surface area (Å²) in [6, 6.07) is 9.14. The molecule has 6 nitrogen and oxygen atoms in total. The van der Waals surface area contributed by atoms with Crippen molar-refractivity contribution in [3.63, 3.8) is 0 Å².